The van der Waals surface area contributed by atoms with Crippen molar-refractivity contribution in [2.45, 2.75) is 98.4 Å². The predicted octanol–water partition coefficient (Wildman–Crippen LogP) is 8.88. The maximum absolute atomic E-state index is 16.9. The molecule has 366 valence electrons. The Labute approximate surface area is 402 Å². The van der Waals surface area contributed by atoms with Crippen molar-refractivity contribution in [3.63, 3.8) is 0 Å². The van der Waals surface area contributed by atoms with E-state index in [1.165, 1.54) is 49.0 Å². The van der Waals surface area contributed by atoms with Crippen LogP contribution in [0.4, 0.5) is 14.0 Å². The van der Waals surface area contributed by atoms with E-state index in [1.807, 2.05) is 49.6 Å². The van der Waals surface area contributed by atoms with Gasteiger partial charge in [0, 0.05) is 53.3 Å². The molecule has 1 fully saturated rings. The number of amides is 4. The molecule has 18 heteroatoms. The number of hydrazine groups is 1. The van der Waals surface area contributed by atoms with Crippen molar-refractivity contribution >= 4 is 71.1 Å². The number of thiophene rings is 1. The number of nitrogens with one attached hydrogen (secondary N) is 4. The van der Waals surface area contributed by atoms with Gasteiger partial charge in [-0.15, -0.1) is 11.3 Å². The molecule has 0 aliphatic carbocycles. The molecule has 0 bridgehead atoms. The first-order valence-corrected chi connectivity index (χ1v) is 23.9. The van der Waals surface area contributed by atoms with Gasteiger partial charge in [0.25, 0.3) is 5.91 Å². The number of halogens is 1. The summed E-state index contributed by atoms with van der Waals surface area (Å²) in [6, 6.07) is 14.0. The second kappa shape index (κ2) is 24.9. The van der Waals surface area contributed by atoms with Crippen LogP contribution < -0.4 is 26.1 Å². The van der Waals surface area contributed by atoms with E-state index >= 15 is 4.39 Å². The molecule has 4 aromatic rings. The van der Waals surface area contributed by atoms with E-state index in [0.29, 0.717) is 60.0 Å². The van der Waals surface area contributed by atoms with Gasteiger partial charge in [0.2, 0.25) is 12.1 Å². The fourth-order valence-corrected chi connectivity index (χ4v) is 9.28. The minimum Gasteiger partial charge on any atom is -0.464 e. The van der Waals surface area contributed by atoms with Crippen molar-refractivity contribution in [2.24, 2.45) is 15.9 Å². The average molecular weight is 956 g/mol. The topological polar surface area (TPSA) is 180 Å². The number of aromatic nitrogens is 1. The molecule has 0 saturated carbocycles. The molecule has 6 rings (SSSR count). The molecule has 2 aromatic carbocycles. The van der Waals surface area contributed by atoms with Crippen molar-refractivity contribution in [2.75, 3.05) is 40.4 Å². The number of fused-ring (bicyclic) bond motifs is 5. The summed E-state index contributed by atoms with van der Waals surface area (Å²) in [5.74, 6) is -1.02. The zero-order valence-electron chi connectivity index (χ0n) is 40.4. The zero-order chi connectivity index (χ0) is 49.5. The molecule has 3 atom stereocenters. The second-order valence-corrected chi connectivity index (χ2v) is 18.0. The minimum atomic E-state index is -0.866. The number of carbonyl (C=O) groups excluding carboxylic acids is 4. The molecule has 4 amide bonds. The third-order valence-corrected chi connectivity index (χ3v) is 12.4. The largest absolute Gasteiger partial charge is 0.464 e. The van der Waals surface area contributed by atoms with Crippen LogP contribution in [0, 0.1) is 11.7 Å². The van der Waals surface area contributed by atoms with Crippen LogP contribution in [-0.2, 0) is 25.5 Å². The molecule has 4 N–H and O–H groups in total. The monoisotopic (exact) mass is 955 g/mol. The van der Waals surface area contributed by atoms with Crippen LogP contribution in [0.1, 0.15) is 101 Å². The predicted molar refractivity (Wildman–Crippen MR) is 268 cm³/mol. The lowest BCUT2D eigenvalue weighted by molar-refractivity contribution is -0.136. The Morgan fingerprint density at radius 1 is 0.941 bits per heavy atom. The number of methoxy groups -OCH3 is 2. The standard InChI is InChI=1S/C47H58FN9O7S.C3H8/c1-9-12-33-15-17-40(65-33)45-57-37-16-14-29(36(26-50-6)54-56(18-10-2)44(59)43(28(3)4)53-47(61)63-8)20-31(37)22-38(57)42-34(48)21-30(23-39(42)64-45)35(25-49-5)51-24-32-13-11-19-55(32)41(58)27-52-46(60)62-7;1-3-2/h14-17,20-23,25-26,28,32,43,45,51,54H,5-6,9-13,18-19,24,27H2,1-4,7-8H3,(H,52,60)(H,53,61);3H2,1-2H3/b35-25-,36-26-;. The molecular weight excluding hydrogens is 890 g/mol. The lowest BCUT2D eigenvalue weighted by atomic mass is 10.0. The van der Waals surface area contributed by atoms with Gasteiger partial charge >= 0.3 is 12.2 Å². The van der Waals surface area contributed by atoms with Crippen molar-refractivity contribution in [3.05, 3.63) is 87.6 Å². The molecule has 2 aromatic heterocycles. The van der Waals surface area contributed by atoms with Crippen molar-refractivity contribution in [1.29, 1.82) is 0 Å². The number of rotatable bonds is 19. The number of aliphatic imine (C=N–C) groups is 2. The van der Waals surface area contributed by atoms with E-state index in [2.05, 4.69) is 82.4 Å². The van der Waals surface area contributed by atoms with E-state index in [0.717, 1.165) is 41.5 Å². The Kier molecular flexibility index (Phi) is 19.1. The number of alkyl carbamates (subject to hydrolysis) is 2. The average Bonchev–Trinajstić information content (AvgIpc) is 4.09. The smallest absolute Gasteiger partial charge is 0.407 e. The molecule has 4 heterocycles. The number of ether oxygens (including phenoxy) is 3. The minimum absolute atomic E-state index is 0.182. The summed E-state index contributed by atoms with van der Waals surface area (Å²) >= 11 is 1.65. The summed E-state index contributed by atoms with van der Waals surface area (Å²) in [4.78, 5) is 62.6. The van der Waals surface area contributed by atoms with Gasteiger partial charge in [-0.1, -0.05) is 60.5 Å². The van der Waals surface area contributed by atoms with Crippen LogP contribution in [0.15, 0.2) is 70.9 Å². The lowest BCUT2D eigenvalue weighted by Gasteiger charge is -2.31. The van der Waals surface area contributed by atoms with Gasteiger partial charge in [0.15, 0.2) is 0 Å². The van der Waals surface area contributed by atoms with E-state index in [4.69, 9.17) is 9.47 Å². The van der Waals surface area contributed by atoms with Crippen LogP contribution in [0.2, 0.25) is 0 Å². The van der Waals surface area contributed by atoms with Crippen molar-refractivity contribution < 1.29 is 37.8 Å². The molecule has 2 aliphatic heterocycles. The molecule has 1 saturated heterocycles. The highest BCUT2D eigenvalue weighted by Gasteiger charge is 2.35. The highest BCUT2D eigenvalue weighted by atomic mass is 32.1. The number of likely N-dealkylation sites (tertiary alicyclic amines) is 1. The summed E-state index contributed by atoms with van der Waals surface area (Å²) in [7, 11) is 2.49. The first kappa shape index (κ1) is 52.3. The highest BCUT2D eigenvalue weighted by molar-refractivity contribution is 7.12. The molecule has 68 heavy (non-hydrogen) atoms. The Morgan fingerprint density at radius 3 is 2.32 bits per heavy atom. The molecule has 0 radical (unpaired) electrons. The first-order valence-electron chi connectivity index (χ1n) is 23.1. The third kappa shape index (κ3) is 12.4. The van der Waals surface area contributed by atoms with Crippen LogP contribution in [0.5, 0.6) is 5.75 Å². The Hall–Kier alpha value is -6.69. The fraction of sp³-hybridized carbons (Fsp3) is 0.440. The SMILES string of the molecule is C=N/C=C(\NCC1CCCN1C(=O)CNC(=O)OC)c1cc(F)c2c(c1)OC(c1ccc(CCC)s1)n1c-2cc2cc(/C(=C/N=C)NN(CCC)C(=O)C(NC(=O)OC)C(C)C)ccc21.CCC. The maximum Gasteiger partial charge on any atom is 0.407 e. The van der Waals surface area contributed by atoms with E-state index in [9.17, 15) is 19.2 Å². The lowest BCUT2D eigenvalue weighted by Crippen LogP contribution is -2.55. The summed E-state index contributed by atoms with van der Waals surface area (Å²) in [6.45, 7) is 20.4. The quantitative estimate of drug-likeness (QED) is 0.0528. The van der Waals surface area contributed by atoms with Gasteiger partial charge in [-0.05, 0) is 87.5 Å². The number of aryl methyl sites for hydroxylation is 1. The Morgan fingerprint density at radius 2 is 1.66 bits per heavy atom. The number of hydrogen-bond donors (Lipinski definition) is 4. The summed E-state index contributed by atoms with van der Waals surface area (Å²) in [6.07, 6.45) is 6.28. The Balaban J connectivity index is 0.00000280. The summed E-state index contributed by atoms with van der Waals surface area (Å²) in [5.41, 5.74) is 7.04. The van der Waals surface area contributed by atoms with Gasteiger partial charge in [0.05, 0.1) is 53.5 Å². The molecule has 0 spiro atoms. The summed E-state index contributed by atoms with van der Waals surface area (Å²) < 4.78 is 35.1. The van der Waals surface area contributed by atoms with Gasteiger partial charge in [-0.2, -0.15) is 0 Å². The molecule has 16 nitrogen and oxygen atoms in total. The highest BCUT2D eigenvalue weighted by Crippen LogP contribution is 2.47. The second-order valence-electron chi connectivity index (χ2n) is 16.8. The third-order valence-electron chi connectivity index (χ3n) is 11.3. The fourth-order valence-electron chi connectivity index (χ4n) is 8.15. The first-order chi connectivity index (χ1) is 32.8. The van der Waals surface area contributed by atoms with E-state index < -0.39 is 30.3 Å². The van der Waals surface area contributed by atoms with Gasteiger partial charge in [0.1, 0.15) is 24.2 Å². The van der Waals surface area contributed by atoms with Crippen LogP contribution in [-0.4, -0.2) is 104 Å². The Bertz CT molecular complexity index is 2500. The molecular formula is C50H66FN9O7S. The normalized spacial score (nSPS) is 15.8. The number of benzene rings is 2. The van der Waals surface area contributed by atoms with Gasteiger partial charge in [-0.25, -0.2) is 14.0 Å². The number of hydrogen-bond acceptors (Lipinski definition) is 12. The van der Waals surface area contributed by atoms with Crippen LogP contribution in [0.25, 0.3) is 33.6 Å². The van der Waals surface area contributed by atoms with Crippen molar-refractivity contribution in [1.82, 2.24) is 35.9 Å². The number of carbonyl (C=O) groups is 4. The van der Waals surface area contributed by atoms with E-state index in [-0.39, 0.29) is 35.9 Å². The van der Waals surface area contributed by atoms with Gasteiger partial charge < -0.3 is 35.1 Å². The number of nitrogens with zero attached hydrogens (tertiary/aromatic N) is 5. The zero-order valence-corrected chi connectivity index (χ0v) is 41.3. The van der Waals surface area contributed by atoms with Gasteiger partial charge in [-0.3, -0.25) is 34.6 Å². The van der Waals surface area contributed by atoms with Crippen molar-refractivity contribution in [3.8, 4) is 17.0 Å². The molecule has 3 unspecified atom stereocenters. The summed E-state index contributed by atoms with van der Waals surface area (Å²) in [5, 5.41) is 10.7. The maximum atomic E-state index is 16.9. The van der Waals surface area contributed by atoms with Crippen LogP contribution >= 0.6 is 11.3 Å². The van der Waals surface area contributed by atoms with E-state index in [1.54, 1.807) is 22.3 Å². The van der Waals surface area contributed by atoms with Crippen LogP contribution in [0.3, 0.4) is 0 Å². The molecule has 2 aliphatic rings.